The molecule has 0 heterocycles. The van der Waals surface area contributed by atoms with Crippen LogP contribution in [0.2, 0.25) is 0 Å². The highest BCUT2D eigenvalue weighted by Gasteiger charge is 2.25. The SMILES string of the molecule is Cc1ccc(C(=O)NC(CC(F)F)C(=O)O)cc1[N+](=O)[O-]. The maximum absolute atomic E-state index is 12.2. The molecular formula is C12H12F2N2O5. The Bertz CT molecular complexity index is 577. The van der Waals surface area contributed by atoms with Gasteiger partial charge < -0.3 is 10.4 Å². The number of nitrogens with one attached hydrogen (secondary N) is 1. The number of carbonyl (C=O) groups is 2. The van der Waals surface area contributed by atoms with Gasteiger partial charge in [0.25, 0.3) is 11.6 Å². The minimum Gasteiger partial charge on any atom is -0.480 e. The summed E-state index contributed by atoms with van der Waals surface area (Å²) in [5.41, 5.74) is -0.171. The molecule has 7 nitrogen and oxygen atoms in total. The largest absolute Gasteiger partial charge is 0.480 e. The number of rotatable bonds is 6. The Labute approximate surface area is 117 Å². The van der Waals surface area contributed by atoms with Gasteiger partial charge in [-0.25, -0.2) is 13.6 Å². The summed E-state index contributed by atoms with van der Waals surface area (Å²) in [5, 5.41) is 21.4. The van der Waals surface area contributed by atoms with Crippen LogP contribution in [0.4, 0.5) is 14.5 Å². The summed E-state index contributed by atoms with van der Waals surface area (Å²) in [6.45, 7) is 1.47. The van der Waals surface area contributed by atoms with E-state index in [2.05, 4.69) is 0 Å². The standard InChI is InChI=1S/C12H12F2N2O5/c1-6-2-3-7(4-9(6)16(20)21)11(17)15-8(12(18)19)5-10(13)14/h2-4,8,10H,5H2,1H3,(H,15,17)(H,18,19). The van der Waals surface area contributed by atoms with E-state index >= 15 is 0 Å². The molecule has 0 saturated carbocycles. The van der Waals surface area contributed by atoms with Crippen molar-refractivity contribution in [3.8, 4) is 0 Å². The van der Waals surface area contributed by atoms with Crippen molar-refractivity contribution in [2.45, 2.75) is 25.8 Å². The Kier molecular flexibility index (Phi) is 5.28. The zero-order valence-electron chi connectivity index (χ0n) is 10.9. The second kappa shape index (κ2) is 6.73. The Morgan fingerprint density at radius 2 is 2.05 bits per heavy atom. The first-order valence-corrected chi connectivity index (χ1v) is 5.79. The van der Waals surface area contributed by atoms with Crippen LogP contribution in [-0.2, 0) is 4.79 Å². The van der Waals surface area contributed by atoms with Crippen molar-refractivity contribution in [2.24, 2.45) is 0 Å². The molecule has 1 unspecified atom stereocenters. The molecule has 0 aliphatic heterocycles. The number of aliphatic carboxylic acids is 1. The highest BCUT2D eigenvalue weighted by molar-refractivity contribution is 5.97. The second-order valence-corrected chi connectivity index (χ2v) is 4.25. The third-order valence-corrected chi connectivity index (χ3v) is 2.69. The maximum Gasteiger partial charge on any atom is 0.326 e. The van der Waals surface area contributed by atoms with E-state index in [1.807, 2.05) is 5.32 Å². The van der Waals surface area contributed by atoms with Gasteiger partial charge in [-0.2, -0.15) is 0 Å². The number of aryl methyl sites for hydroxylation is 1. The van der Waals surface area contributed by atoms with Gasteiger partial charge in [-0.1, -0.05) is 6.07 Å². The lowest BCUT2D eigenvalue weighted by molar-refractivity contribution is -0.385. The molecule has 0 aliphatic carbocycles. The van der Waals surface area contributed by atoms with Gasteiger partial charge in [0.2, 0.25) is 6.43 Å². The Hall–Kier alpha value is -2.58. The normalized spacial score (nSPS) is 12.0. The van der Waals surface area contributed by atoms with Crippen LogP contribution in [-0.4, -0.2) is 34.4 Å². The van der Waals surface area contributed by atoms with Gasteiger partial charge in [-0.3, -0.25) is 14.9 Å². The lowest BCUT2D eigenvalue weighted by Gasteiger charge is -2.14. The van der Waals surface area contributed by atoms with E-state index in [1.54, 1.807) is 0 Å². The number of carbonyl (C=O) groups excluding carboxylic acids is 1. The van der Waals surface area contributed by atoms with Crippen LogP contribution < -0.4 is 5.32 Å². The quantitative estimate of drug-likeness (QED) is 0.614. The molecule has 2 N–H and O–H groups in total. The monoisotopic (exact) mass is 302 g/mol. The Morgan fingerprint density at radius 1 is 1.43 bits per heavy atom. The molecule has 0 spiro atoms. The summed E-state index contributed by atoms with van der Waals surface area (Å²) in [7, 11) is 0. The van der Waals surface area contributed by atoms with E-state index in [0.717, 1.165) is 6.07 Å². The number of benzene rings is 1. The molecule has 1 atom stereocenters. The molecule has 21 heavy (non-hydrogen) atoms. The van der Waals surface area contributed by atoms with Crippen LogP contribution in [0.15, 0.2) is 18.2 Å². The van der Waals surface area contributed by atoms with Crippen molar-refractivity contribution in [1.82, 2.24) is 5.32 Å². The zero-order valence-corrected chi connectivity index (χ0v) is 10.9. The third-order valence-electron chi connectivity index (χ3n) is 2.69. The van der Waals surface area contributed by atoms with Crippen molar-refractivity contribution in [3.05, 3.63) is 39.4 Å². The topological polar surface area (TPSA) is 110 Å². The Morgan fingerprint density at radius 3 is 2.52 bits per heavy atom. The minimum absolute atomic E-state index is 0.173. The predicted molar refractivity (Wildman–Crippen MR) is 67.3 cm³/mol. The molecule has 1 rings (SSSR count). The number of alkyl halides is 2. The number of carboxylic acid groups (broad SMARTS) is 1. The van der Waals surface area contributed by atoms with Crippen molar-refractivity contribution in [1.29, 1.82) is 0 Å². The van der Waals surface area contributed by atoms with Crippen LogP contribution in [0.1, 0.15) is 22.3 Å². The van der Waals surface area contributed by atoms with Crippen LogP contribution >= 0.6 is 0 Å². The molecule has 114 valence electrons. The van der Waals surface area contributed by atoms with Crippen LogP contribution in [0, 0.1) is 17.0 Å². The van der Waals surface area contributed by atoms with Crippen molar-refractivity contribution < 1.29 is 28.4 Å². The van der Waals surface area contributed by atoms with E-state index < -0.39 is 35.7 Å². The molecule has 0 aromatic heterocycles. The number of halogens is 2. The van der Waals surface area contributed by atoms with E-state index in [4.69, 9.17) is 5.11 Å². The fourth-order valence-electron chi connectivity index (χ4n) is 1.59. The summed E-state index contributed by atoms with van der Waals surface area (Å²) >= 11 is 0. The van der Waals surface area contributed by atoms with Gasteiger partial charge in [0.05, 0.1) is 4.92 Å². The zero-order chi connectivity index (χ0) is 16.2. The number of nitro benzene ring substituents is 1. The van der Waals surface area contributed by atoms with E-state index in [1.165, 1.54) is 19.1 Å². The molecular weight excluding hydrogens is 290 g/mol. The van der Waals surface area contributed by atoms with Gasteiger partial charge in [0.15, 0.2) is 0 Å². The first-order chi connectivity index (χ1) is 9.72. The third kappa shape index (κ3) is 4.48. The van der Waals surface area contributed by atoms with Gasteiger partial charge >= 0.3 is 5.97 Å². The lowest BCUT2D eigenvalue weighted by atomic mass is 10.1. The number of nitrogens with zero attached hydrogens (tertiary/aromatic N) is 1. The molecule has 0 aliphatic rings. The maximum atomic E-state index is 12.2. The van der Waals surface area contributed by atoms with Gasteiger partial charge in [-0.05, 0) is 13.0 Å². The molecule has 1 amide bonds. The van der Waals surface area contributed by atoms with Crippen LogP contribution in [0.5, 0.6) is 0 Å². The first-order valence-electron chi connectivity index (χ1n) is 5.79. The lowest BCUT2D eigenvalue weighted by Crippen LogP contribution is -2.42. The van der Waals surface area contributed by atoms with Crippen molar-refractivity contribution in [2.75, 3.05) is 0 Å². The van der Waals surface area contributed by atoms with E-state index in [0.29, 0.717) is 5.56 Å². The number of nitro groups is 1. The fraction of sp³-hybridized carbons (Fsp3) is 0.333. The number of hydrogen-bond acceptors (Lipinski definition) is 4. The first kappa shape index (κ1) is 16.5. The summed E-state index contributed by atoms with van der Waals surface area (Å²) in [5.74, 6) is -2.57. The van der Waals surface area contributed by atoms with Gasteiger partial charge in [0.1, 0.15) is 6.04 Å². The molecule has 0 bridgehead atoms. The van der Waals surface area contributed by atoms with Crippen LogP contribution in [0.25, 0.3) is 0 Å². The number of hydrogen-bond donors (Lipinski definition) is 2. The Balaban J connectivity index is 2.95. The molecule has 9 heteroatoms. The van der Waals surface area contributed by atoms with Crippen molar-refractivity contribution >= 4 is 17.6 Å². The highest BCUT2D eigenvalue weighted by atomic mass is 19.3. The summed E-state index contributed by atoms with van der Waals surface area (Å²) < 4.78 is 24.4. The average Bonchev–Trinajstić information content (AvgIpc) is 2.37. The molecule has 0 saturated heterocycles. The summed E-state index contributed by atoms with van der Waals surface area (Å²) in [6.07, 6.45) is -3.95. The average molecular weight is 302 g/mol. The number of carboxylic acids is 1. The summed E-state index contributed by atoms with van der Waals surface area (Å²) in [4.78, 5) is 32.6. The summed E-state index contributed by atoms with van der Waals surface area (Å²) in [6, 6.07) is 1.76. The fourth-order valence-corrected chi connectivity index (χ4v) is 1.59. The van der Waals surface area contributed by atoms with E-state index in [-0.39, 0.29) is 11.3 Å². The van der Waals surface area contributed by atoms with Gasteiger partial charge in [0, 0.05) is 23.6 Å². The molecule has 0 fully saturated rings. The highest BCUT2D eigenvalue weighted by Crippen LogP contribution is 2.19. The predicted octanol–water partition coefficient (Wildman–Crippen LogP) is 1.74. The second-order valence-electron chi connectivity index (χ2n) is 4.25. The van der Waals surface area contributed by atoms with E-state index in [9.17, 15) is 28.5 Å². The minimum atomic E-state index is -2.90. The molecule has 0 radical (unpaired) electrons. The molecule has 1 aromatic carbocycles. The molecule has 1 aromatic rings. The van der Waals surface area contributed by atoms with Crippen LogP contribution in [0.3, 0.4) is 0 Å². The number of amides is 1. The smallest absolute Gasteiger partial charge is 0.326 e. The van der Waals surface area contributed by atoms with Gasteiger partial charge in [-0.15, -0.1) is 0 Å². The van der Waals surface area contributed by atoms with Crippen molar-refractivity contribution in [3.63, 3.8) is 0 Å².